The number of nitrogens with zero attached hydrogens (tertiary/aromatic N) is 2. The predicted octanol–water partition coefficient (Wildman–Crippen LogP) is 4.12. The third-order valence-electron chi connectivity index (χ3n) is 2.70. The maximum atomic E-state index is 12.7. The van der Waals surface area contributed by atoms with Crippen molar-refractivity contribution >= 4 is 28.4 Å². The highest BCUT2D eigenvalue weighted by Crippen LogP contribution is 2.32. The van der Waals surface area contributed by atoms with Crippen molar-refractivity contribution in [2.75, 3.05) is 12.4 Å². The third-order valence-corrected chi connectivity index (χ3v) is 3.99. The van der Waals surface area contributed by atoms with Gasteiger partial charge in [-0.1, -0.05) is 12.1 Å². The van der Waals surface area contributed by atoms with Crippen molar-refractivity contribution < 1.29 is 13.2 Å². The first-order valence-corrected chi connectivity index (χ1v) is 6.80. The van der Waals surface area contributed by atoms with Crippen molar-refractivity contribution in [1.29, 1.82) is 0 Å². The van der Waals surface area contributed by atoms with Crippen LogP contribution >= 0.6 is 22.6 Å². The average Bonchev–Trinajstić information content (AvgIpc) is 2.41. The molecule has 1 aromatic carbocycles. The fraction of sp³-hybridized carbons (Fsp3) is 0.231. The smallest absolute Gasteiger partial charge is 0.372 e. The minimum atomic E-state index is -4.37. The van der Waals surface area contributed by atoms with Gasteiger partial charge in [0.15, 0.2) is 5.82 Å². The summed E-state index contributed by atoms with van der Waals surface area (Å²) in [6.07, 6.45) is -4.37. The second kappa shape index (κ2) is 5.55. The van der Waals surface area contributed by atoms with E-state index in [1.165, 1.54) is 6.07 Å². The summed E-state index contributed by atoms with van der Waals surface area (Å²) >= 11 is 2.09. The van der Waals surface area contributed by atoms with Crippen molar-refractivity contribution in [3.8, 4) is 11.4 Å². The molecule has 3 nitrogen and oxygen atoms in total. The highest BCUT2D eigenvalue weighted by molar-refractivity contribution is 14.1. The molecule has 1 aromatic heterocycles. The Morgan fingerprint density at radius 3 is 2.50 bits per heavy atom. The number of rotatable bonds is 2. The van der Waals surface area contributed by atoms with Crippen molar-refractivity contribution in [3.05, 3.63) is 39.1 Å². The Morgan fingerprint density at radius 2 is 1.90 bits per heavy atom. The Bertz CT molecular complexity index is 641. The zero-order chi connectivity index (χ0) is 14.9. The first-order valence-electron chi connectivity index (χ1n) is 5.72. The van der Waals surface area contributed by atoms with Crippen LogP contribution in [0.4, 0.5) is 19.0 Å². The van der Waals surface area contributed by atoms with Gasteiger partial charge in [-0.25, -0.2) is 9.97 Å². The van der Waals surface area contributed by atoms with Gasteiger partial charge in [-0.3, -0.25) is 0 Å². The number of hydrogen-bond donors (Lipinski definition) is 1. The summed E-state index contributed by atoms with van der Waals surface area (Å²) in [5.74, 6) is 0.879. The number of alkyl halides is 3. The average molecular weight is 393 g/mol. The Balaban J connectivity index is 2.55. The van der Waals surface area contributed by atoms with E-state index in [1.54, 1.807) is 20.0 Å². The minimum Gasteiger partial charge on any atom is -0.372 e. The fourth-order valence-electron chi connectivity index (χ4n) is 1.69. The summed E-state index contributed by atoms with van der Waals surface area (Å²) in [4.78, 5) is 8.50. The van der Waals surface area contributed by atoms with Crippen LogP contribution in [0.1, 0.15) is 11.3 Å². The van der Waals surface area contributed by atoms with E-state index in [0.29, 0.717) is 11.4 Å². The molecule has 2 aromatic rings. The standard InChI is InChI=1S/C13H11F3IN3/c1-7-10(17)12(18-2)20-11(19-7)8-4-3-5-9(6-8)13(14,15)16/h3-6H,1-2H3,(H,18,19,20). The summed E-state index contributed by atoms with van der Waals surface area (Å²) in [6.45, 7) is 1.79. The van der Waals surface area contributed by atoms with Crippen LogP contribution < -0.4 is 5.32 Å². The number of nitrogens with one attached hydrogen (secondary N) is 1. The van der Waals surface area contributed by atoms with E-state index < -0.39 is 11.7 Å². The zero-order valence-electron chi connectivity index (χ0n) is 10.7. The minimum absolute atomic E-state index is 0.276. The van der Waals surface area contributed by atoms with Crippen LogP contribution in [0, 0.1) is 10.5 Å². The molecular formula is C13H11F3IN3. The topological polar surface area (TPSA) is 37.8 Å². The van der Waals surface area contributed by atoms with Gasteiger partial charge < -0.3 is 5.32 Å². The van der Waals surface area contributed by atoms with Crippen LogP contribution in [0.25, 0.3) is 11.4 Å². The van der Waals surface area contributed by atoms with E-state index in [2.05, 4.69) is 37.9 Å². The summed E-state index contributed by atoms with van der Waals surface area (Å²) in [7, 11) is 1.71. The van der Waals surface area contributed by atoms with E-state index in [9.17, 15) is 13.2 Å². The second-order valence-corrected chi connectivity index (χ2v) is 5.20. The molecule has 0 spiro atoms. The maximum absolute atomic E-state index is 12.7. The van der Waals surface area contributed by atoms with E-state index in [4.69, 9.17) is 0 Å². The van der Waals surface area contributed by atoms with Crippen LogP contribution in [0.5, 0.6) is 0 Å². The van der Waals surface area contributed by atoms with E-state index >= 15 is 0 Å². The quantitative estimate of drug-likeness (QED) is 0.781. The van der Waals surface area contributed by atoms with Gasteiger partial charge in [0.1, 0.15) is 5.82 Å². The number of benzene rings is 1. The van der Waals surface area contributed by atoms with Crippen LogP contribution in [0.3, 0.4) is 0 Å². The molecule has 0 atom stereocenters. The molecule has 0 aliphatic rings. The Labute approximate surface area is 127 Å². The van der Waals surface area contributed by atoms with Gasteiger partial charge in [0.25, 0.3) is 0 Å². The van der Waals surface area contributed by atoms with Gasteiger partial charge in [-0.05, 0) is 41.6 Å². The monoisotopic (exact) mass is 393 g/mol. The molecule has 0 saturated heterocycles. The van der Waals surface area contributed by atoms with Gasteiger partial charge in [0.05, 0.1) is 14.8 Å². The van der Waals surface area contributed by atoms with Crippen LogP contribution in [0.15, 0.2) is 24.3 Å². The molecule has 2 rings (SSSR count). The molecule has 1 heterocycles. The van der Waals surface area contributed by atoms with E-state index in [-0.39, 0.29) is 5.82 Å². The Kier molecular flexibility index (Phi) is 4.17. The molecule has 0 amide bonds. The molecule has 0 radical (unpaired) electrons. The molecule has 7 heteroatoms. The van der Waals surface area contributed by atoms with Crippen molar-refractivity contribution in [2.24, 2.45) is 0 Å². The predicted molar refractivity (Wildman–Crippen MR) is 79.5 cm³/mol. The molecule has 0 aliphatic heterocycles. The van der Waals surface area contributed by atoms with Crippen LogP contribution in [-0.2, 0) is 6.18 Å². The molecule has 20 heavy (non-hydrogen) atoms. The Hall–Kier alpha value is -1.38. The van der Waals surface area contributed by atoms with Crippen LogP contribution in [-0.4, -0.2) is 17.0 Å². The zero-order valence-corrected chi connectivity index (χ0v) is 12.9. The third kappa shape index (κ3) is 3.02. The van der Waals surface area contributed by atoms with E-state index in [1.807, 2.05) is 0 Å². The van der Waals surface area contributed by atoms with Gasteiger partial charge in [0.2, 0.25) is 0 Å². The molecule has 0 fully saturated rings. The molecule has 1 N–H and O–H groups in total. The molecule has 0 saturated carbocycles. The molecule has 0 unspecified atom stereocenters. The lowest BCUT2D eigenvalue weighted by Gasteiger charge is -2.11. The molecule has 0 bridgehead atoms. The normalized spacial score (nSPS) is 11.5. The SMILES string of the molecule is CNc1nc(-c2cccc(C(F)(F)F)c2)nc(C)c1I. The largest absolute Gasteiger partial charge is 0.416 e. The number of hydrogen-bond acceptors (Lipinski definition) is 3. The highest BCUT2D eigenvalue weighted by atomic mass is 127. The van der Waals surface area contributed by atoms with Crippen molar-refractivity contribution in [1.82, 2.24) is 9.97 Å². The maximum Gasteiger partial charge on any atom is 0.416 e. The molecule has 106 valence electrons. The number of halogens is 4. The van der Waals surface area contributed by atoms with Crippen molar-refractivity contribution in [3.63, 3.8) is 0 Å². The summed E-state index contributed by atoms with van der Waals surface area (Å²) in [6, 6.07) is 5.01. The van der Waals surface area contributed by atoms with Crippen molar-refractivity contribution in [2.45, 2.75) is 13.1 Å². The lowest BCUT2D eigenvalue weighted by molar-refractivity contribution is -0.137. The molecule has 0 aliphatic carbocycles. The molecular weight excluding hydrogens is 382 g/mol. The summed E-state index contributed by atoms with van der Waals surface area (Å²) < 4.78 is 39.0. The first kappa shape index (κ1) is 15.0. The first-order chi connectivity index (χ1) is 9.32. The summed E-state index contributed by atoms with van der Waals surface area (Å²) in [5.41, 5.74) is 0.356. The fourth-order valence-corrected chi connectivity index (χ4v) is 2.20. The van der Waals surface area contributed by atoms with E-state index in [0.717, 1.165) is 21.4 Å². The lowest BCUT2D eigenvalue weighted by atomic mass is 10.1. The second-order valence-electron chi connectivity index (χ2n) is 4.12. The number of anilines is 1. The lowest BCUT2D eigenvalue weighted by Crippen LogP contribution is -2.06. The van der Waals surface area contributed by atoms with Gasteiger partial charge in [0, 0.05) is 12.6 Å². The summed E-state index contributed by atoms with van der Waals surface area (Å²) in [5, 5.41) is 2.91. The Morgan fingerprint density at radius 1 is 1.20 bits per heavy atom. The van der Waals surface area contributed by atoms with Gasteiger partial charge in [-0.15, -0.1) is 0 Å². The number of aromatic nitrogens is 2. The highest BCUT2D eigenvalue weighted by Gasteiger charge is 2.30. The van der Waals surface area contributed by atoms with Crippen LogP contribution in [0.2, 0.25) is 0 Å². The van der Waals surface area contributed by atoms with Gasteiger partial charge in [-0.2, -0.15) is 13.2 Å². The number of aryl methyl sites for hydroxylation is 1. The van der Waals surface area contributed by atoms with Gasteiger partial charge >= 0.3 is 6.18 Å².